The Labute approximate surface area is 69.4 Å². The second-order valence-corrected chi connectivity index (χ2v) is 5.69. The summed E-state index contributed by atoms with van der Waals surface area (Å²) in [6.45, 7) is 7.45. The van der Waals surface area contributed by atoms with E-state index in [1.165, 1.54) is 0 Å². The van der Waals surface area contributed by atoms with Crippen LogP contribution < -0.4 is 0 Å². The minimum atomic E-state index is 0.686. The molecule has 0 aromatic carbocycles. The quantitative estimate of drug-likeness (QED) is 0.498. The van der Waals surface area contributed by atoms with Crippen LogP contribution >= 0.6 is 0 Å². The van der Waals surface area contributed by atoms with Gasteiger partial charge in [0, 0.05) is 0 Å². The van der Waals surface area contributed by atoms with Crippen molar-refractivity contribution in [2.24, 2.45) is 28.6 Å². The maximum Gasteiger partial charge on any atom is -0.0202 e. The fourth-order valence-electron chi connectivity index (χ4n) is 4.60. The lowest BCUT2D eigenvalue weighted by Gasteiger charge is -2.58. The minimum Gasteiger partial charge on any atom is -0.0614 e. The molecule has 0 aromatic heterocycles. The standard InChI is InChI=1S/C11H18/c1-7-10(2,3)9-5-4-8-6-11(7,8)9/h7-9H,4-6H2,1-3H3. The molecule has 4 atom stereocenters. The zero-order chi connectivity index (χ0) is 7.85. The Bertz CT molecular complexity index is 216. The third-order valence-electron chi connectivity index (χ3n) is 5.47. The van der Waals surface area contributed by atoms with Crippen molar-refractivity contribution in [2.75, 3.05) is 0 Å². The molecule has 62 valence electrons. The van der Waals surface area contributed by atoms with Crippen LogP contribution in [0.15, 0.2) is 0 Å². The fourth-order valence-corrected chi connectivity index (χ4v) is 4.60. The topological polar surface area (TPSA) is 0 Å². The maximum atomic E-state index is 2.49. The SMILES string of the molecule is CC1C(C)(C)C2CCC3CC312. The molecule has 4 unspecified atom stereocenters. The molecule has 0 radical (unpaired) electrons. The van der Waals surface area contributed by atoms with Gasteiger partial charge < -0.3 is 0 Å². The Balaban J connectivity index is 1.99. The monoisotopic (exact) mass is 150 g/mol. The molecule has 0 N–H and O–H groups in total. The van der Waals surface area contributed by atoms with Crippen molar-refractivity contribution in [3.8, 4) is 0 Å². The van der Waals surface area contributed by atoms with Crippen LogP contribution in [0.4, 0.5) is 0 Å². The molecule has 3 saturated carbocycles. The molecule has 0 bridgehead atoms. The van der Waals surface area contributed by atoms with Gasteiger partial charge in [-0.2, -0.15) is 0 Å². The van der Waals surface area contributed by atoms with Crippen LogP contribution in [0.1, 0.15) is 40.0 Å². The molecule has 0 aliphatic heterocycles. The second-order valence-electron chi connectivity index (χ2n) is 5.69. The van der Waals surface area contributed by atoms with Gasteiger partial charge in [-0.3, -0.25) is 0 Å². The van der Waals surface area contributed by atoms with Crippen LogP contribution in [-0.4, -0.2) is 0 Å². The molecular weight excluding hydrogens is 132 g/mol. The highest BCUT2D eigenvalue weighted by molar-refractivity contribution is 5.25. The lowest BCUT2D eigenvalue weighted by Crippen LogP contribution is -2.52. The van der Waals surface area contributed by atoms with E-state index in [9.17, 15) is 0 Å². The second kappa shape index (κ2) is 1.41. The summed E-state index contributed by atoms with van der Waals surface area (Å²) >= 11 is 0. The zero-order valence-electron chi connectivity index (χ0n) is 7.85. The van der Waals surface area contributed by atoms with Gasteiger partial charge in [-0.05, 0) is 47.8 Å². The number of hydrogen-bond acceptors (Lipinski definition) is 0. The van der Waals surface area contributed by atoms with Crippen LogP contribution in [0.25, 0.3) is 0 Å². The van der Waals surface area contributed by atoms with E-state index >= 15 is 0 Å². The molecule has 1 spiro atoms. The van der Waals surface area contributed by atoms with Gasteiger partial charge in [0.05, 0.1) is 0 Å². The summed E-state index contributed by atoms with van der Waals surface area (Å²) in [6.07, 6.45) is 4.68. The van der Waals surface area contributed by atoms with Gasteiger partial charge in [0.1, 0.15) is 0 Å². The van der Waals surface area contributed by atoms with Crippen molar-refractivity contribution in [1.82, 2.24) is 0 Å². The fraction of sp³-hybridized carbons (Fsp3) is 1.00. The summed E-state index contributed by atoms with van der Waals surface area (Å²) in [4.78, 5) is 0. The van der Waals surface area contributed by atoms with Gasteiger partial charge in [0.15, 0.2) is 0 Å². The van der Waals surface area contributed by atoms with Crippen LogP contribution in [0.2, 0.25) is 0 Å². The summed E-state index contributed by atoms with van der Waals surface area (Å²) in [5.41, 5.74) is 1.58. The molecule has 0 aromatic rings. The van der Waals surface area contributed by atoms with Crippen LogP contribution in [0.3, 0.4) is 0 Å². The van der Waals surface area contributed by atoms with Gasteiger partial charge in [-0.1, -0.05) is 20.8 Å². The van der Waals surface area contributed by atoms with Crippen molar-refractivity contribution in [3.05, 3.63) is 0 Å². The molecule has 0 heterocycles. The van der Waals surface area contributed by atoms with E-state index in [0.29, 0.717) is 5.41 Å². The summed E-state index contributed by atoms with van der Waals surface area (Å²) in [7, 11) is 0. The minimum absolute atomic E-state index is 0.686. The molecule has 0 saturated heterocycles. The third-order valence-corrected chi connectivity index (χ3v) is 5.47. The predicted octanol–water partition coefficient (Wildman–Crippen LogP) is 3.08. The van der Waals surface area contributed by atoms with Gasteiger partial charge in [-0.25, -0.2) is 0 Å². The van der Waals surface area contributed by atoms with E-state index in [4.69, 9.17) is 0 Å². The van der Waals surface area contributed by atoms with Crippen molar-refractivity contribution in [3.63, 3.8) is 0 Å². The average Bonchev–Trinajstić information content (AvgIpc) is 2.59. The number of hydrogen-bond donors (Lipinski definition) is 0. The summed E-state index contributed by atoms with van der Waals surface area (Å²) in [5.74, 6) is 3.29. The Morgan fingerprint density at radius 3 is 2.45 bits per heavy atom. The molecule has 3 aliphatic rings. The molecular formula is C11H18. The van der Waals surface area contributed by atoms with Crippen molar-refractivity contribution >= 4 is 0 Å². The van der Waals surface area contributed by atoms with Gasteiger partial charge in [-0.15, -0.1) is 0 Å². The van der Waals surface area contributed by atoms with Crippen molar-refractivity contribution in [2.45, 2.75) is 40.0 Å². The van der Waals surface area contributed by atoms with E-state index in [1.807, 2.05) is 0 Å². The molecule has 0 amide bonds. The van der Waals surface area contributed by atoms with Crippen molar-refractivity contribution < 1.29 is 0 Å². The molecule has 3 rings (SSSR count). The van der Waals surface area contributed by atoms with Crippen LogP contribution in [0.5, 0.6) is 0 Å². The zero-order valence-corrected chi connectivity index (χ0v) is 7.85. The summed E-state index contributed by atoms with van der Waals surface area (Å²) in [5, 5.41) is 0. The van der Waals surface area contributed by atoms with E-state index < -0.39 is 0 Å². The lowest BCUT2D eigenvalue weighted by atomic mass is 9.47. The van der Waals surface area contributed by atoms with E-state index in [-0.39, 0.29) is 0 Å². The average molecular weight is 150 g/mol. The summed E-state index contributed by atoms with van der Waals surface area (Å²) < 4.78 is 0. The highest BCUT2D eigenvalue weighted by Gasteiger charge is 2.77. The van der Waals surface area contributed by atoms with Gasteiger partial charge >= 0.3 is 0 Å². The Hall–Kier alpha value is 0. The maximum absolute atomic E-state index is 2.49. The van der Waals surface area contributed by atoms with Crippen molar-refractivity contribution in [1.29, 1.82) is 0 Å². The first kappa shape index (κ1) is 6.51. The highest BCUT2D eigenvalue weighted by atomic mass is 14.8. The van der Waals surface area contributed by atoms with Gasteiger partial charge in [0.2, 0.25) is 0 Å². The molecule has 3 fully saturated rings. The smallest absolute Gasteiger partial charge is 0.0202 e. The third kappa shape index (κ3) is 0.443. The van der Waals surface area contributed by atoms with Crippen LogP contribution in [0, 0.1) is 28.6 Å². The Morgan fingerprint density at radius 2 is 1.91 bits per heavy atom. The molecule has 11 heavy (non-hydrogen) atoms. The predicted molar refractivity (Wildman–Crippen MR) is 46.2 cm³/mol. The highest BCUT2D eigenvalue weighted by Crippen LogP contribution is 2.84. The first-order chi connectivity index (χ1) is 5.10. The Morgan fingerprint density at radius 1 is 1.18 bits per heavy atom. The molecule has 0 nitrogen and oxygen atoms in total. The first-order valence-corrected chi connectivity index (χ1v) is 5.10. The van der Waals surface area contributed by atoms with Gasteiger partial charge in [0.25, 0.3) is 0 Å². The van der Waals surface area contributed by atoms with E-state index in [1.54, 1.807) is 19.3 Å². The Kier molecular flexibility index (Phi) is 0.832. The van der Waals surface area contributed by atoms with E-state index in [2.05, 4.69) is 20.8 Å². The summed E-state index contributed by atoms with van der Waals surface area (Å²) in [6, 6.07) is 0. The largest absolute Gasteiger partial charge is 0.0614 e. The van der Waals surface area contributed by atoms with E-state index in [0.717, 1.165) is 23.2 Å². The van der Waals surface area contributed by atoms with Crippen LogP contribution in [-0.2, 0) is 0 Å². The normalized spacial score (nSPS) is 63.0. The molecule has 0 heteroatoms. The number of rotatable bonds is 0. The lowest BCUT2D eigenvalue weighted by molar-refractivity contribution is -0.0989. The first-order valence-electron chi connectivity index (χ1n) is 5.10. The molecule has 3 aliphatic carbocycles.